The first-order valence-corrected chi connectivity index (χ1v) is 6.35. The molecule has 0 unspecified atom stereocenters. The monoisotopic (exact) mass is 283 g/mol. The minimum absolute atomic E-state index is 0.0796. The van der Waals surface area contributed by atoms with Gasteiger partial charge in [-0.3, -0.25) is 4.98 Å². The number of aryl methyl sites for hydroxylation is 1. The fraction of sp³-hybridized carbons (Fsp3) is 0.438. The first-order chi connectivity index (χ1) is 8.91. The molecule has 0 aliphatic heterocycles. The van der Waals surface area contributed by atoms with Gasteiger partial charge in [0.05, 0.1) is 5.69 Å². The normalized spacial score (nSPS) is 13.5. The SMILES string of the molecule is C=C(/C=C(\C)c1cc(C(C)(C)C)cc(C)n1)C(F)(F)F. The maximum atomic E-state index is 12.5. The minimum atomic E-state index is -4.40. The Morgan fingerprint density at radius 2 is 1.75 bits per heavy atom. The highest BCUT2D eigenvalue weighted by atomic mass is 19.4. The molecule has 1 rings (SSSR count). The average Bonchev–Trinajstić information content (AvgIpc) is 2.25. The highest BCUT2D eigenvalue weighted by molar-refractivity contribution is 5.64. The molecule has 0 aliphatic rings. The van der Waals surface area contributed by atoms with Gasteiger partial charge in [0.15, 0.2) is 0 Å². The zero-order valence-electron chi connectivity index (χ0n) is 12.5. The third kappa shape index (κ3) is 4.22. The molecule has 0 aromatic carbocycles. The number of allylic oxidation sites excluding steroid dienone is 3. The maximum Gasteiger partial charge on any atom is 0.415 e. The quantitative estimate of drug-likeness (QED) is 0.679. The van der Waals surface area contributed by atoms with E-state index >= 15 is 0 Å². The standard InChI is InChI=1S/C16H20F3N/c1-10(7-11(2)16(17,18)19)14-9-13(15(4,5)6)8-12(3)20-14/h7-9H,2H2,1,3-6H3/b10-7+. The van der Waals surface area contributed by atoms with Gasteiger partial charge in [-0.15, -0.1) is 0 Å². The van der Waals surface area contributed by atoms with Crippen LogP contribution >= 0.6 is 0 Å². The van der Waals surface area contributed by atoms with E-state index in [1.165, 1.54) is 0 Å². The van der Waals surface area contributed by atoms with Gasteiger partial charge in [-0.05, 0) is 48.6 Å². The summed E-state index contributed by atoms with van der Waals surface area (Å²) >= 11 is 0. The van der Waals surface area contributed by atoms with Gasteiger partial charge >= 0.3 is 6.18 Å². The zero-order chi connectivity index (χ0) is 15.7. The molecule has 0 aliphatic carbocycles. The summed E-state index contributed by atoms with van der Waals surface area (Å²) in [5.74, 6) is 0. The van der Waals surface area contributed by atoms with E-state index in [1.807, 2.05) is 19.1 Å². The first-order valence-electron chi connectivity index (χ1n) is 6.35. The Labute approximate surface area is 118 Å². The van der Waals surface area contributed by atoms with Crippen molar-refractivity contribution in [2.75, 3.05) is 0 Å². The lowest BCUT2D eigenvalue weighted by Crippen LogP contribution is -2.13. The van der Waals surface area contributed by atoms with Crippen molar-refractivity contribution < 1.29 is 13.2 Å². The van der Waals surface area contributed by atoms with Crippen molar-refractivity contribution in [3.05, 3.63) is 47.3 Å². The molecule has 1 nitrogen and oxygen atoms in total. The summed E-state index contributed by atoms with van der Waals surface area (Å²) < 4.78 is 37.5. The van der Waals surface area contributed by atoms with Gasteiger partial charge in [0, 0.05) is 11.3 Å². The Morgan fingerprint density at radius 3 is 2.20 bits per heavy atom. The van der Waals surface area contributed by atoms with Crippen molar-refractivity contribution in [2.45, 2.75) is 46.2 Å². The van der Waals surface area contributed by atoms with E-state index in [1.54, 1.807) is 6.92 Å². The highest BCUT2D eigenvalue weighted by Gasteiger charge is 2.30. The fourth-order valence-corrected chi connectivity index (χ4v) is 1.72. The summed E-state index contributed by atoms with van der Waals surface area (Å²) in [6.07, 6.45) is -3.37. The molecule has 0 radical (unpaired) electrons. The van der Waals surface area contributed by atoms with Gasteiger partial charge in [0.2, 0.25) is 0 Å². The molecule has 1 aromatic rings. The summed E-state index contributed by atoms with van der Waals surface area (Å²) in [5, 5.41) is 0. The molecule has 0 saturated heterocycles. The van der Waals surface area contributed by atoms with Gasteiger partial charge in [-0.25, -0.2) is 0 Å². The van der Waals surface area contributed by atoms with Crippen LogP contribution in [0.5, 0.6) is 0 Å². The van der Waals surface area contributed by atoms with Crippen LogP contribution in [0, 0.1) is 6.92 Å². The van der Waals surface area contributed by atoms with Crippen LogP contribution in [0.1, 0.15) is 44.6 Å². The molecule has 1 aromatic heterocycles. The van der Waals surface area contributed by atoms with Crippen LogP contribution in [0.4, 0.5) is 13.2 Å². The number of hydrogen-bond donors (Lipinski definition) is 0. The number of aromatic nitrogens is 1. The second-order valence-corrected chi connectivity index (χ2v) is 5.98. The lowest BCUT2D eigenvalue weighted by atomic mass is 9.86. The van der Waals surface area contributed by atoms with Crippen LogP contribution in [0.2, 0.25) is 0 Å². The van der Waals surface area contributed by atoms with E-state index in [0.717, 1.165) is 17.3 Å². The van der Waals surface area contributed by atoms with Gasteiger partial charge in [0.1, 0.15) is 0 Å². The molecule has 0 bridgehead atoms. The van der Waals surface area contributed by atoms with Gasteiger partial charge in [-0.1, -0.05) is 27.4 Å². The van der Waals surface area contributed by atoms with Crippen molar-refractivity contribution in [3.63, 3.8) is 0 Å². The van der Waals surface area contributed by atoms with Crippen LogP contribution in [0.25, 0.3) is 5.57 Å². The molecule has 4 heteroatoms. The molecule has 0 N–H and O–H groups in total. The maximum absolute atomic E-state index is 12.5. The van der Waals surface area contributed by atoms with Crippen molar-refractivity contribution in [1.29, 1.82) is 0 Å². The van der Waals surface area contributed by atoms with Crippen molar-refractivity contribution in [2.24, 2.45) is 0 Å². The Kier molecular flexibility index (Phi) is 4.47. The van der Waals surface area contributed by atoms with Crippen LogP contribution in [0.15, 0.2) is 30.4 Å². The Morgan fingerprint density at radius 1 is 1.20 bits per heavy atom. The molecule has 0 spiro atoms. The van der Waals surface area contributed by atoms with Gasteiger partial charge in [-0.2, -0.15) is 13.2 Å². The Hall–Kier alpha value is -1.58. The molecular formula is C16H20F3N. The molecule has 0 fully saturated rings. The number of nitrogens with zero attached hydrogens (tertiary/aromatic N) is 1. The number of alkyl halides is 3. The predicted octanol–water partition coefficient (Wildman–Crippen LogP) is 5.21. The minimum Gasteiger partial charge on any atom is -0.253 e. The topological polar surface area (TPSA) is 12.9 Å². The van der Waals surface area contributed by atoms with Crippen molar-refractivity contribution in [1.82, 2.24) is 4.98 Å². The average molecular weight is 283 g/mol. The largest absolute Gasteiger partial charge is 0.415 e. The highest BCUT2D eigenvalue weighted by Crippen LogP contribution is 2.29. The first kappa shape index (κ1) is 16.5. The summed E-state index contributed by atoms with van der Waals surface area (Å²) in [6.45, 7) is 12.7. The lowest BCUT2D eigenvalue weighted by Gasteiger charge is -2.20. The van der Waals surface area contributed by atoms with Crippen LogP contribution in [-0.2, 0) is 5.41 Å². The van der Waals surface area contributed by atoms with Crippen LogP contribution in [-0.4, -0.2) is 11.2 Å². The summed E-state index contributed by atoms with van der Waals surface area (Å²) in [6, 6.07) is 3.79. The summed E-state index contributed by atoms with van der Waals surface area (Å²) in [5.41, 5.74) is 1.91. The second kappa shape index (κ2) is 5.43. The van der Waals surface area contributed by atoms with E-state index in [0.29, 0.717) is 11.3 Å². The van der Waals surface area contributed by atoms with Crippen LogP contribution < -0.4 is 0 Å². The number of halogens is 3. The molecule has 0 saturated carbocycles. The smallest absolute Gasteiger partial charge is 0.253 e. The number of rotatable bonds is 2. The molecular weight excluding hydrogens is 263 g/mol. The van der Waals surface area contributed by atoms with Gasteiger partial charge < -0.3 is 0 Å². The Balaban J connectivity index is 3.24. The fourth-order valence-electron chi connectivity index (χ4n) is 1.72. The molecule has 20 heavy (non-hydrogen) atoms. The van der Waals surface area contributed by atoms with Crippen molar-refractivity contribution in [3.8, 4) is 0 Å². The van der Waals surface area contributed by atoms with E-state index in [9.17, 15) is 13.2 Å². The summed E-state index contributed by atoms with van der Waals surface area (Å²) in [4.78, 5) is 4.31. The molecule has 110 valence electrons. The molecule has 1 heterocycles. The molecule has 0 atom stereocenters. The van der Waals surface area contributed by atoms with E-state index in [4.69, 9.17) is 0 Å². The Bertz CT molecular complexity index is 546. The van der Waals surface area contributed by atoms with Crippen LogP contribution in [0.3, 0.4) is 0 Å². The van der Waals surface area contributed by atoms with Crippen molar-refractivity contribution >= 4 is 5.57 Å². The van der Waals surface area contributed by atoms with E-state index < -0.39 is 11.7 Å². The third-order valence-electron chi connectivity index (χ3n) is 2.98. The second-order valence-electron chi connectivity index (χ2n) is 5.98. The van der Waals surface area contributed by atoms with Gasteiger partial charge in [0.25, 0.3) is 0 Å². The number of hydrogen-bond acceptors (Lipinski definition) is 1. The third-order valence-corrected chi connectivity index (χ3v) is 2.98. The van der Waals surface area contributed by atoms with E-state index in [2.05, 4.69) is 32.3 Å². The number of pyridine rings is 1. The lowest BCUT2D eigenvalue weighted by molar-refractivity contribution is -0.0877. The molecule has 0 amide bonds. The summed E-state index contributed by atoms with van der Waals surface area (Å²) in [7, 11) is 0. The zero-order valence-corrected chi connectivity index (χ0v) is 12.5. The predicted molar refractivity (Wildman–Crippen MR) is 76.5 cm³/mol. The van der Waals surface area contributed by atoms with E-state index in [-0.39, 0.29) is 5.41 Å².